The topological polar surface area (TPSA) is 72.5 Å². The number of rotatable bonds is 10. The molecule has 1 aromatic carbocycles. The van der Waals surface area contributed by atoms with E-state index in [4.69, 9.17) is 28.4 Å². The van der Waals surface area contributed by atoms with Gasteiger partial charge in [0.1, 0.15) is 11.5 Å². The van der Waals surface area contributed by atoms with E-state index in [2.05, 4.69) is 0 Å². The predicted octanol–water partition coefficient (Wildman–Crippen LogP) is 2.86. The number of carbonyl (C=O) groups excluding carboxylic acids is 1. The lowest BCUT2D eigenvalue weighted by molar-refractivity contribution is -0.145. The molecular formula is C19H28O7. The van der Waals surface area contributed by atoms with Gasteiger partial charge in [0.05, 0.1) is 19.6 Å². The van der Waals surface area contributed by atoms with Crippen LogP contribution in [0.25, 0.3) is 0 Å². The van der Waals surface area contributed by atoms with Gasteiger partial charge in [-0.15, -0.1) is 0 Å². The van der Waals surface area contributed by atoms with Crippen LogP contribution in [0, 0.1) is 5.92 Å². The van der Waals surface area contributed by atoms with Crippen molar-refractivity contribution < 1.29 is 33.2 Å². The van der Waals surface area contributed by atoms with Crippen LogP contribution in [0.5, 0.6) is 11.5 Å². The number of hydrogen-bond acceptors (Lipinski definition) is 7. The molecule has 1 saturated carbocycles. The van der Waals surface area contributed by atoms with Crippen LogP contribution in [-0.4, -0.2) is 48.0 Å². The van der Waals surface area contributed by atoms with Gasteiger partial charge < -0.3 is 28.4 Å². The van der Waals surface area contributed by atoms with E-state index in [-0.39, 0.29) is 31.4 Å². The molecule has 2 rings (SSSR count). The SMILES string of the molecule is COCOc1cc(COC)c(OCOC)c([C@@H]2CCC[C@@H]2C(=O)OC)c1. The molecular weight excluding hydrogens is 340 g/mol. The Balaban J connectivity index is 2.47. The molecule has 1 fully saturated rings. The third-order valence-electron chi connectivity index (χ3n) is 4.55. The molecule has 0 unspecified atom stereocenters. The third-order valence-corrected chi connectivity index (χ3v) is 4.55. The maximum Gasteiger partial charge on any atom is 0.309 e. The first-order valence-corrected chi connectivity index (χ1v) is 8.63. The van der Waals surface area contributed by atoms with Crippen LogP contribution < -0.4 is 9.47 Å². The van der Waals surface area contributed by atoms with Crippen LogP contribution in [-0.2, 0) is 30.3 Å². The van der Waals surface area contributed by atoms with Gasteiger partial charge in [0.25, 0.3) is 0 Å². The van der Waals surface area contributed by atoms with Crippen molar-refractivity contribution in [3.63, 3.8) is 0 Å². The summed E-state index contributed by atoms with van der Waals surface area (Å²) in [7, 11) is 6.18. The molecule has 0 heterocycles. The minimum absolute atomic E-state index is 0.00370. The van der Waals surface area contributed by atoms with Crippen molar-refractivity contribution in [3.05, 3.63) is 23.3 Å². The number of benzene rings is 1. The summed E-state index contributed by atoms with van der Waals surface area (Å²) in [6.45, 7) is 0.596. The summed E-state index contributed by atoms with van der Waals surface area (Å²) >= 11 is 0. The summed E-state index contributed by atoms with van der Waals surface area (Å²) in [5.41, 5.74) is 1.75. The zero-order valence-corrected chi connectivity index (χ0v) is 15.9. The maximum absolute atomic E-state index is 12.2. The fourth-order valence-electron chi connectivity index (χ4n) is 3.49. The Labute approximate surface area is 154 Å². The van der Waals surface area contributed by atoms with Gasteiger partial charge in [-0.3, -0.25) is 4.79 Å². The second-order valence-electron chi connectivity index (χ2n) is 6.20. The first-order chi connectivity index (χ1) is 12.7. The van der Waals surface area contributed by atoms with Crippen LogP contribution >= 0.6 is 0 Å². The zero-order valence-electron chi connectivity index (χ0n) is 15.9. The van der Waals surface area contributed by atoms with Crippen molar-refractivity contribution in [2.45, 2.75) is 31.8 Å². The molecule has 1 aliphatic rings. The highest BCUT2D eigenvalue weighted by Gasteiger charge is 2.37. The third kappa shape index (κ3) is 4.87. The molecule has 0 spiro atoms. The van der Waals surface area contributed by atoms with Crippen LogP contribution in [0.15, 0.2) is 12.1 Å². The second kappa shape index (κ2) is 10.4. The average Bonchev–Trinajstić information content (AvgIpc) is 3.14. The van der Waals surface area contributed by atoms with E-state index in [1.807, 2.05) is 12.1 Å². The molecule has 7 nitrogen and oxygen atoms in total. The van der Waals surface area contributed by atoms with Crippen LogP contribution in [0.2, 0.25) is 0 Å². The van der Waals surface area contributed by atoms with Crippen LogP contribution in [0.4, 0.5) is 0 Å². The smallest absolute Gasteiger partial charge is 0.309 e. The maximum atomic E-state index is 12.2. The molecule has 0 N–H and O–H groups in total. The minimum Gasteiger partial charge on any atom is -0.469 e. The predicted molar refractivity (Wildman–Crippen MR) is 94.3 cm³/mol. The Kier molecular flexibility index (Phi) is 8.15. The van der Waals surface area contributed by atoms with Crippen molar-refractivity contribution in [2.75, 3.05) is 42.0 Å². The molecule has 0 amide bonds. The van der Waals surface area contributed by atoms with Gasteiger partial charge in [-0.2, -0.15) is 0 Å². The highest BCUT2D eigenvalue weighted by Crippen LogP contribution is 2.46. The Morgan fingerprint density at radius 2 is 1.73 bits per heavy atom. The lowest BCUT2D eigenvalue weighted by atomic mass is 9.87. The normalized spacial score (nSPS) is 19.4. The Morgan fingerprint density at radius 3 is 2.38 bits per heavy atom. The number of carbonyl (C=O) groups is 1. The van der Waals surface area contributed by atoms with E-state index in [9.17, 15) is 4.79 Å². The van der Waals surface area contributed by atoms with Gasteiger partial charge in [-0.25, -0.2) is 0 Å². The quantitative estimate of drug-likeness (QED) is 0.464. The van der Waals surface area contributed by atoms with E-state index < -0.39 is 0 Å². The van der Waals surface area contributed by atoms with Gasteiger partial charge in [0, 0.05) is 38.4 Å². The summed E-state index contributed by atoms with van der Waals surface area (Å²) in [4.78, 5) is 12.2. The highest BCUT2D eigenvalue weighted by molar-refractivity contribution is 5.74. The largest absolute Gasteiger partial charge is 0.469 e. The Hall–Kier alpha value is -1.83. The van der Waals surface area contributed by atoms with Gasteiger partial charge in [0.2, 0.25) is 0 Å². The van der Waals surface area contributed by atoms with Crippen molar-refractivity contribution >= 4 is 5.97 Å². The summed E-state index contributed by atoms with van der Waals surface area (Å²) in [6.07, 6.45) is 2.63. The summed E-state index contributed by atoms with van der Waals surface area (Å²) in [6, 6.07) is 3.77. The van der Waals surface area contributed by atoms with E-state index in [1.165, 1.54) is 7.11 Å². The van der Waals surface area contributed by atoms with Crippen LogP contribution in [0.1, 0.15) is 36.3 Å². The average molecular weight is 368 g/mol. The van der Waals surface area contributed by atoms with E-state index in [0.29, 0.717) is 18.1 Å². The van der Waals surface area contributed by atoms with Gasteiger partial charge in [0.15, 0.2) is 13.6 Å². The fraction of sp³-hybridized carbons (Fsp3) is 0.632. The van der Waals surface area contributed by atoms with E-state index >= 15 is 0 Å². The minimum atomic E-state index is -0.196. The molecule has 2 atom stereocenters. The first kappa shape index (κ1) is 20.5. The van der Waals surface area contributed by atoms with Gasteiger partial charge >= 0.3 is 5.97 Å². The highest BCUT2D eigenvalue weighted by atomic mass is 16.7. The first-order valence-electron chi connectivity index (χ1n) is 8.63. The lowest BCUT2D eigenvalue weighted by Gasteiger charge is -2.24. The molecule has 7 heteroatoms. The molecule has 0 radical (unpaired) electrons. The molecule has 26 heavy (non-hydrogen) atoms. The molecule has 0 saturated heterocycles. The number of hydrogen-bond donors (Lipinski definition) is 0. The summed E-state index contributed by atoms with van der Waals surface area (Å²) in [5.74, 6) is 0.934. The second-order valence-corrected chi connectivity index (χ2v) is 6.20. The summed E-state index contributed by atoms with van der Waals surface area (Å²) in [5, 5.41) is 0. The monoisotopic (exact) mass is 368 g/mol. The molecule has 0 aromatic heterocycles. The lowest BCUT2D eigenvalue weighted by Crippen LogP contribution is -2.20. The standard InChI is InChI=1S/C19H28O7/c1-21-10-13-8-14(25-11-22-2)9-17(18(13)26-12-23-3)15-6-5-7-16(15)19(20)24-4/h8-9,15-16H,5-7,10-12H2,1-4H3/t15-,16+/m1/s1. The number of ether oxygens (including phenoxy) is 6. The van der Waals surface area contributed by atoms with E-state index in [0.717, 1.165) is 30.4 Å². The van der Waals surface area contributed by atoms with Crippen LogP contribution in [0.3, 0.4) is 0 Å². The van der Waals surface area contributed by atoms with Crippen molar-refractivity contribution in [1.29, 1.82) is 0 Å². The fourth-order valence-corrected chi connectivity index (χ4v) is 3.49. The molecule has 0 bridgehead atoms. The van der Waals surface area contributed by atoms with E-state index in [1.54, 1.807) is 21.3 Å². The molecule has 1 aromatic rings. The van der Waals surface area contributed by atoms with Crippen molar-refractivity contribution in [3.8, 4) is 11.5 Å². The molecule has 146 valence electrons. The number of methoxy groups -OCH3 is 4. The Bertz CT molecular complexity index is 587. The zero-order chi connectivity index (χ0) is 18.9. The molecule has 0 aliphatic heterocycles. The molecule has 1 aliphatic carbocycles. The Morgan fingerprint density at radius 1 is 1.00 bits per heavy atom. The summed E-state index contributed by atoms with van der Waals surface area (Å²) < 4.78 is 31.9. The number of esters is 1. The van der Waals surface area contributed by atoms with Crippen molar-refractivity contribution in [2.24, 2.45) is 5.92 Å². The van der Waals surface area contributed by atoms with Gasteiger partial charge in [-0.1, -0.05) is 6.42 Å². The van der Waals surface area contributed by atoms with Gasteiger partial charge in [-0.05, 0) is 25.0 Å². The van der Waals surface area contributed by atoms with Crippen molar-refractivity contribution in [1.82, 2.24) is 0 Å².